The highest BCUT2D eigenvalue weighted by Crippen LogP contribution is 2.29. The molecule has 8 heteroatoms. The highest BCUT2D eigenvalue weighted by molar-refractivity contribution is 5.99. The Morgan fingerprint density at radius 1 is 1.06 bits per heavy atom. The van der Waals surface area contributed by atoms with E-state index in [1.807, 2.05) is 30.9 Å². The van der Waals surface area contributed by atoms with Crippen LogP contribution in [0.2, 0.25) is 0 Å². The van der Waals surface area contributed by atoms with Gasteiger partial charge in [-0.3, -0.25) is 14.5 Å². The third kappa shape index (κ3) is 5.99. The molecular formula is C27H32FN3O4. The summed E-state index contributed by atoms with van der Waals surface area (Å²) < 4.78 is 20.1. The van der Waals surface area contributed by atoms with Crippen molar-refractivity contribution in [1.29, 1.82) is 0 Å². The topological polar surface area (TPSA) is 79.0 Å². The van der Waals surface area contributed by atoms with E-state index in [2.05, 4.69) is 5.32 Å². The number of nitrogens with zero attached hydrogens (tertiary/aromatic N) is 2. The van der Waals surface area contributed by atoms with Crippen LogP contribution >= 0.6 is 0 Å². The minimum absolute atomic E-state index is 0.0553. The summed E-state index contributed by atoms with van der Waals surface area (Å²) in [4.78, 5) is 40.5. The predicted molar refractivity (Wildman–Crippen MR) is 133 cm³/mol. The maximum absolute atomic E-state index is 14.8. The molecule has 0 unspecified atom stereocenters. The molecule has 0 radical (unpaired) electrons. The number of rotatable bonds is 8. The summed E-state index contributed by atoms with van der Waals surface area (Å²) >= 11 is 0. The molecule has 2 amide bonds. The molecule has 1 N–H and O–H groups in total. The molecule has 2 aromatic rings. The predicted octanol–water partition coefficient (Wildman–Crippen LogP) is 4.54. The first-order valence-corrected chi connectivity index (χ1v) is 12.2. The molecule has 0 aromatic heterocycles. The van der Waals surface area contributed by atoms with Gasteiger partial charge in [0, 0.05) is 31.5 Å². The highest BCUT2D eigenvalue weighted by atomic mass is 19.1. The SMILES string of the molecule is Cc1ccc(C(=O)CCC(=O)NC[C@H]2CN(c3ccc(N4CCCCC4)c(F)c3)C(=O)O2)c(C)c1. The molecule has 0 spiro atoms. The first-order chi connectivity index (χ1) is 16.8. The van der Waals surface area contributed by atoms with Crippen molar-refractivity contribution in [3.8, 4) is 0 Å². The average molecular weight is 482 g/mol. The van der Waals surface area contributed by atoms with Crippen LogP contribution < -0.4 is 15.1 Å². The smallest absolute Gasteiger partial charge is 0.414 e. The minimum atomic E-state index is -0.570. The molecule has 2 fully saturated rings. The van der Waals surface area contributed by atoms with E-state index in [4.69, 9.17) is 4.74 Å². The second-order valence-corrected chi connectivity index (χ2v) is 9.35. The van der Waals surface area contributed by atoms with Crippen LogP contribution in [-0.4, -0.2) is 50.1 Å². The molecule has 2 aromatic carbocycles. The second-order valence-electron chi connectivity index (χ2n) is 9.35. The number of hydrogen-bond acceptors (Lipinski definition) is 5. The summed E-state index contributed by atoms with van der Waals surface area (Å²) in [5.74, 6) is -0.719. The van der Waals surface area contributed by atoms with Gasteiger partial charge in [-0.2, -0.15) is 0 Å². The van der Waals surface area contributed by atoms with Crippen molar-refractivity contribution in [3.63, 3.8) is 0 Å². The van der Waals surface area contributed by atoms with Crippen LogP contribution in [-0.2, 0) is 9.53 Å². The number of benzene rings is 2. The average Bonchev–Trinajstić information content (AvgIpc) is 3.22. The number of anilines is 2. The molecule has 186 valence electrons. The number of ether oxygens (including phenoxy) is 1. The normalized spacial score (nSPS) is 17.9. The molecule has 2 aliphatic rings. The number of carbonyl (C=O) groups is 3. The van der Waals surface area contributed by atoms with Crippen molar-refractivity contribution in [2.45, 2.75) is 52.1 Å². The van der Waals surface area contributed by atoms with Crippen LogP contribution in [0.1, 0.15) is 53.6 Å². The molecular weight excluding hydrogens is 449 g/mol. The summed E-state index contributed by atoms with van der Waals surface area (Å²) in [6.07, 6.45) is 2.30. The van der Waals surface area contributed by atoms with Crippen molar-refractivity contribution < 1.29 is 23.5 Å². The van der Waals surface area contributed by atoms with Gasteiger partial charge in [-0.1, -0.05) is 23.8 Å². The molecule has 2 aliphatic heterocycles. The van der Waals surface area contributed by atoms with Gasteiger partial charge in [-0.05, 0) is 56.9 Å². The fourth-order valence-electron chi connectivity index (χ4n) is 4.70. The van der Waals surface area contributed by atoms with E-state index in [1.165, 1.54) is 11.0 Å². The van der Waals surface area contributed by atoms with Crippen LogP contribution in [0.4, 0.5) is 20.6 Å². The monoisotopic (exact) mass is 481 g/mol. The Labute approximate surface area is 205 Å². The van der Waals surface area contributed by atoms with Crippen molar-refractivity contribution in [2.24, 2.45) is 0 Å². The van der Waals surface area contributed by atoms with Gasteiger partial charge in [0.15, 0.2) is 5.78 Å². The van der Waals surface area contributed by atoms with Crippen molar-refractivity contribution >= 4 is 29.2 Å². The van der Waals surface area contributed by atoms with Gasteiger partial charge < -0.3 is 15.0 Å². The molecule has 2 heterocycles. The summed E-state index contributed by atoms with van der Waals surface area (Å²) in [5, 5.41) is 2.74. The van der Waals surface area contributed by atoms with Crippen LogP contribution in [0.15, 0.2) is 36.4 Å². The van der Waals surface area contributed by atoms with Crippen LogP contribution in [0.5, 0.6) is 0 Å². The number of hydrogen-bond donors (Lipinski definition) is 1. The molecule has 2 saturated heterocycles. The van der Waals surface area contributed by atoms with E-state index < -0.39 is 12.2 Å². The van der Waals surface area contributed by atoms with Crippen LogP contribution in [0.25, 0.3) is 0 Å². The largest absolute Gasteiger partial charge is 0.442 e. The number of Topliss-reactive ketones (excluding diaryl/α,β-unsaturated/α-hetero) is 1. The fourth-order valence-corrected chi connectivity index (χ4v) is 4.70. The van der Waals surface area contributed by atoms with E-state index in [0.29, 0.717) is 16.9 Å². The number of amides is 2. The lowest BCUT2D eigenvalue weighted by molar-refractivity contribution is -0.121. The van der Waals surface area contributed by atoms with Crippen molar-refractivity contribution in [1.82, 2.24) is 5.32 Å². The Hall–Kier alpha value is -3.42. The van der Waals surface area contributed by atoms with Gasteiger partial charge in [-0.15, -0.1) is 0 Å². The van der Waals surface area contributed by atoms with Gasteiger partial charge in [0.25, 0.3) is 0 Å². The Balaban J connectivity index is 1.26. The van der Waals surface area contributed by atoms with Crippen molar-refractivity contribution in [3.05, 3.63) is 58.9 Å². The lowest BCUT2D eigenvalue weighted by atomic mass is 9.99. The van der Waals surface area contributed by atoms with Crippen LogP contribution in [0.3, 0.4) is 0 Å². The molecule has 0 aliphatic carbocycles. The number of ketones is 1. The molecule has 7 nitrogen and oxygen atoms in total. The van der Waals surface area contributed by atoms with E-state index >= 15 is 0 Å². The zero-order valence-electron chi connectivity index (χ0n) is 20.3. The Morgan fingerprint density at radius 3 is 2.54 bits per heavy atom. The summed E-state index contributed by atoms with van der Waals surface area (Å²) in [6, 6.07) is 10.4. The van der Waals surface area contributed by atoms with Gasteiger partial charge in [0.05, 0.1) is 24.5 Å². The number of aryl methyl sites for hydroxylation is 2. The molecule has 1 atom stereocenters. The van der Waals surface area contributed by atoms with Gasteiger partial charge in [0.1, 0.15) is 11.9 Å². The van der Waals surface area contributed by atoms with Crippen molar-refractivity contribution in [2.75, 3.05) is 36.0 Å². The maximum atomic E-state index is 14.8. The van der Waals surface area contributed by atoms with E-state index in [9.17, 15) is 18.8 Å². The van der Waals surface area contributed by atoms with Gasteiger partial charge in [-0.25, -0.2) is 9.18 Å². The fraction of sp³-hybridized carbons (Fsp3) is 0.444. The quantitative estimate of drug-likeness (QED) is 0.560. The number of carbonyl (C=O) groups excluding carboxylic acids is 3. The molecule has 35 heavy (non-hydrogen) atoms. The zero-order valence-corrected chi connectivity index (χ0v) is 20.3. The van der Waals surface area contributed by atoms with Gasteiger partial charge in [0.2, 0.25) is 5.91 Å². The maximum Gasteiger partial charge on any atom is 0.414 e. The molecule has 0 saturated carbocycles. The lowest BCUT2D eigenvalue weighted by Gasteiger charge is -2.29. The summed E-state index contributed by atoms with van der Waals surface area (Å²) in [6.45, 7) is 5.86. The number of cyclic esters (lactones) is 1. The number of piperidine rings is 1. The summed E-state index contributed by atoms with van der Waals surface area (Å²) in [5.41, 5.74) is 3.59. The van der Waals surface area contributed by atoms with Crippen LogP contribution in [0, 0.1) is 19.7 Å². The number of nitrogens with one attached hydrogen (secondary N) is 1. The highest BCUT2D eigenvalue weighted by Gasteiger charge is 2.33. The third-order valence-electron chi connectivity index (χ3n) is 6.60. The lowest BCUT2D eigenvalue weighted by Crippen LogP contribution is -2.34. The number of halogens is 1. The van der Waals surface area contributed by atoms with E-state index in [1.54, 1.807) is 18.2 Å². The van der Waals surface area contributed by atoms with E-state index in [-0.39, 0.29) is 43.4 Å². The molecule has 4 rings (SSSR count). The standard InChI is InChI=1S/C27H32FN3O4/c1-18-6-8-22(19(2)14-18)25(32)10-11-26(33)29-16-21-17-31(27(34)35-21)20-7-9-24(23(28)15-20)30-12-4-3-5-13-30/h6-9,14-15,21H,3-5,10-13,16-17H2,1-2H3,(H,29,33)/t21-/m0/s1. The second kappa shape index (κ2) is 10.9. The minimum Gasteiger partial charge on any atom is -0.442 e. The Bertz CT molecular complexity index is 1110. The first-order valence-electron chi connectivity index (χ1n) is 12.2. The Kier molecular flexibility index (Phi) is 7.68. The summed E-state index contributed by atoms with van der Waals surface area (Å²) in [7, 11) is 0. The third-order valence-corrected chi connectivity index (χ3v) is 6.60. The van der Waals surface area contributed by atoms with E-state index in [0.717, 1.165) is 43.5 Å². The Morgan fingerprint density at radius 2 is 1.83 bits per heavy atom. The molecule has 0 bridgehead atoms. The first kappa shape index (κ1) is 24.7. The zero-order chi connectivity index (χ0) is 24.9. The van der Waals surface area contributed by atoms with Gasteiger partial charge >= 0.3 is 6.09 Å².